The summed E-state index contributed by atoms with van der Waals surface area (Å²) in [5.41, 5.74) is 8.78. The zero-order valence-electron chi connectivity index (χ0n) is 16.4. The molecule has 0 saturated carbocycles. The first-order valence-electron chi connectivity index (χ1n) is 9.69. The second-order valence-corrected chi connectivity index (χ2v) is 7.10. The quantitative estimate of drug-likeness (QED) is 0.335. The summed E-state index contributed by atoms with van der Waals surface area (Å²) in [6.45, 7) is 3.82. The van der Waals surface area contributed by atoms with E-state index < -0.39 is 0 Å². The highest BCUT2D eigenvalue weighted by Gasteiger charge is 2.08. The Morgan fingerprint density at radius 1 is 0.433 bits per heavy atom. The molecule has 0 unspecified atom stereocenters. The van der Waals surface area contributed by atoms with Gasteiger partial charge in [-0.15, -0.1) is 0 Å². The van der Waals surface area contributed by atoms with Crippen LogP contribution in [0.15, 0.2) is 97.6 Å². The number of carbonyl (C=O) groups is 2. The molecule has 0 aliphatic carbocycles. The molecule has 0 bridgehead atoms. The number of benzene rings is 4. The summed E-state index contributed by atoms with van der Waals surface area (Å²) in [5.74, 6) is 0. The lowest BCUT2D eigenvalue weighted by atomic mass is 9.92. The first kappa shape index (κ1) is 19.3. The fourth-order valence-electron chi connectivity index (χ4n) is 3.45. The summed E-state index contributed by atoms with van der Waals surface area (Å²) < 4.78 is 0. The van der Waals surface area contributed by atoms with Crippen molar-refractivity contribution in [3.05, 3.63) is 114 Å². The van der Waals surface area contributed by atoms with Crippen LogP contribution in [0.2, 0.25) is 0 Å². The minimum Gasteiger partial charge on any atom is -0.298 e. The molecule has 0 atom stereocenters. The molecule has 0 heterocycles. The van der Waals surface area contributed by atoms with Gasteiger partial charge in [-0.05, 0) is 57.1 Å². The molecule has 0 aliphatic rings. The summed E-state index contributed by atoms with van der Waals surface area (Å²) >= 11 is 0. The Balaban J connectivity index is 1.86. The van der Waals surface area contributed by atoms with Crippen LogP contribution in [-0.2, 0) is 0 Å². The average molecular weight is 388 g/mol. The molecule has 0 fully saturated rings. The van der Waals surface area contributed by atoms with Gasteiger partial charge in [0.1, 0.15) is 12.6 Å². The van der Waals surface area contributed by atoms with Gasteiger partial charge in [0.15, 0.2) is 0 Å². The molecule has 0 N–H and O–H groups in total. The lowest BCUT2D eigenvalue weighted by molar-refractivity contribution is 0.111. The third-order valence-corrected chi connectivity index (χ3v) is 5.17. The van der Waals surface area contributed by atoms with Crippen LogP contribution in [0.4, 0.5) is 0 Å². The van der Waals surface area contributed by atoms with Crippen LogP contribution < -0.4 is 0 Å². The van der Waals surface area contributed by atoms with E-state index in [0.717, 1.165) is 51.5 Å². The van der Waals surface area contributed by atoms with Crippen molar-refractivity contribution in [1.29, 1.82) is 0 Å². The van der Waals surface area contributed by atoms with Crippen molar-refractivity contribution in [2.24, 2.45) is 0 Å². The van der Waals surface area contributed by atoms with E-state index >= 15 is 0 Å². The number of carbonyl (C=O) groups excluding carboxylic acids is 2. The maximum atomic E-state index is 11.0. The van der Waals surface area contributed by atoms with Crippen LogP contribution >= 0.6 is 0 Å². The molecule has 30 heavy (non-hydrogen) atoms. The van der Waals surface area contributed by atoms with Crippen LogP contribution in [0.3, 0.4) is 0 Å². The van der Waals surface area contributed by atoms with Crippen LogP contribution in [0.1, 0.15) is 26.3 Å². The van der Waals surface area contributed by atoms with Crippen molar-refractivity contribution in [2.45, 2.75) is 0 Å². The fourth-order valence-corrected chi connectivity index (χ4v) is 3.45. The molecule has 4 rings (SSSR count). The Labute approximate surface area is 176 Å². The zero-order valence-corrected chi connectivity index (χ0v) is 16.4. The Hall–Kier alpha value is -4.04. The number of rotatable bonds is 6. The predicted octanol–water partition coefficient (Wildman–Crippen LogP) is 6.96. The Morgan fingerprint density at radius 3 is 1.00 bits per heavy atom. The zero-order chi connectivity index (χ0) is 20.9. The van der Waals surface area contributed by atoms with Crippen molar-refractivity contribution in [3.63, 3.8) is 0 Å². The topological polar surface area (TPSA) is 34.1 Å². The molecule has 4 aromatic rings. The Bertz CT molecular complexity index is 1030. The minimum absolute atomic E-state index is 0.652. The maximum absolute atomic E-state index is 11.0. The van der Waals surface area contributed by atoms with E-state index in [4.69, 9.17) is 0 Å². The Morgan fingerprint density at radius 2 is 0.733 bits per heavy atom. The SMILES string of the molecule is C=Cc1ccc(-c2cc(-c3ccc(C=O)cc3)cc(-c3ccc(C=O)cc3)c2)cc1. The second-order valence-electron chi connectivity index (χ2n) is 7.10. The third kappa shape index (κ3) is 4.03. The normalized spacial score (nSPS) is 10.4. The molecular weight excluding hydrogens is 368 g/mol. The highest BCUT2D eigenvalue weighted by molar-refractivity contribution is 5.84. The van der Waals surface area contributed by atoms with Crippen LogP contribution in [0, 0.1) is 0 Å². The van der Waals surface area contributed by atoms with Gasteiger partial charge in [0.05, 0.1) is 0 Å². The summed E-state index contributed by atoms with van der Waals surface area (Å²) in [7, 11) is 0. The van der Waals surface area contributed by atoms with Gasteiger partial charge < -0.3 is 0 Å². The van der Waals surface area contributed by atoms with Gasteiger partial charge in [-0.3, -0.25) is 9.59 Å². The molecule has 0 aliphatic heterocycles. The number of hydrogen-bond donors (Lipinski definition) is 0. The van der Waals surface area contributed by atoms with Gasteiger partial charge in [-0.1, -0.05) is 85.5 Å². The summed E-state index contributed by atoms with van der Waals surface area (Å²) in [6, 6.07) is 29.9. The van der Waals surface area contributed by atoms with Crippen LogP contribution in [0.25, 0.3) is 39.5 Å². The van der Waals surface area contributed by atoms with Crippen LogP contribution in [-0.4, -0.2) is 12.6 Å². The van der Waals surface area contributed by atoms with Gasteiger partial charge in [-0.2, -0.15) is 0 Å². The molecule has 2 heteroatoms. The highest BCUT2D eigenvalue weighted by atomic mass is 16.1. The van der Waals surface area contributed by atoms with E-state index in [9.17, 15) is 9.59 Å². The smallest absolute Gasteiger partial charge is 0.150 e. The molecule has 4 aromatic carbocycles. The molecular formula is C28H20O2. The van der Waals surface area contributed by atoms with E-state index in [2.05, 4.69) is 36.9 Å². The fraction of sp³-hybridized carbons (Fsp3) is 0. The van der Waals surface area contributed by atoms with Crippen molar-refractivity contribution in [2.75, 3.05) is 0 Å². The Kier molecular flexibility index (Phi) is 5.49. The van der Waals surface area contributed by atoms with Gasteiger partial charge in [0, 0.05) is 11.1 Å². The van der Waals surface area contributed by atoms with Gasteiger partial charge >= 0.3 is 0 Å². The van der Waals surface area contributed by atoms with E-state index in [1.54, 1.807) is 0 Å². The monoisotopic (exact) mass is 388 g/mol. The van der Waals surface area contributed by atoms with Crippen molar-refractivity contribution < 1.29 is 9.59 Å². The van der Waals surface area contributed by atoms with Crippen molar-refractivity contribution in [1.82, 2.24) is 0 Å². The van der Waals surface area contributed by atoms with Gasteiger partial charge in [-0.25, -0.2) is 0 Å². The first-order chi connectivity index (χ1) is 14.7. The van der Waals surface area contributed by atoms with Crippen LogP contribution in [0.5, 0.6) is 0 Å². The molecule has 0 aromatic heterocycles. The van der Waals surface area contributed by atoms with Crippen molar-refractivity contribution in [3.8, 4) is 33.4 Å². The largest absolute Gasteiger partial charge is 0.298 e. The lowest BCUT2D eigenvalue weighted by Crippen LogP contribution is -1.88. The van der Waals surface area contributed by atoms with E-state index in [-0.39, 0.29) is 0 Å². The summed E-state index contributed by atoms with van der Waals surface area (Å²) in [6.07, 6.45) is 3.53. The highest BCUT2D eigenvalue weighted by Crippen LogP contribution is 2.33. The first-order valence-corrected chi connectivity index (χ1v) is 9.69. The van der Waals surface area contributed by atoms with E-state index in [1.807, 2.05) is 66.7 Å². The second kappa shape index (κ2) is 8.54. The van der Waals surface area contributed by atoms with Gasteiger partial charge in [0.2, 0.25) is 0 Å². The van der Waals surface area contributed by atoms with E-state index in [1.165, 1.54) is 0 Å². The molecule has 0 amide bonds. The minimum atomic E-state index is 0.652. The summed E-state index contributed by atoms with van der Waals surface area (Å²) in [5, 5.41) is 0. The summed E-state index contributed by atoms with van der Waals surface area (Å²) in [4.78, 5) is 22.0. The molecule has 144 valence electrons. The molecule has 0 saturated heterocycles. The molecule has 2 nitrogen and oxygen atoms in total. The standard InChI is InChI=1S/C28H20O2/c1-2-20-3-9-23(10-4-20)26-15-27(24-11-5-21(18-29)6-12-24)17-28(16-26)25-13-7-22(19-30)8-14-25/h2-19H,1H2. The van der Waals surface area contributed by atoms with Gasteiger partial charge in [0.25, 0.3) is 0 Å². The van der Waals surface area contributed by atoms with E-state index in [0.29, 0.717) is 11.1 Å². The van der Waals surface area contributed by atoms with Crippen molar-refractivity contribution >= 4 is 18.6 Å². The average Bonchev–Trinajstić information content (AvgIpc) is 2.84. The number of hydrogen-bond acceptors (Lipinski definition) is 2. The third-order valence-electron chi connectivity index (χ3n) is 5.17. The maximum Gasteiger partial charge on any atom is 0.150 e. The predicted molar refractivity (Wildman–Crippen MR) is 124 cm³/mol. The lowest BCUT2D eigenvalue weighted by Gasteiger charge is -2.12. The molecule has 0 spiro atoms. The number of aldehydes is 2. The molecule has 0 radical (unpaired) electrons.